The van der Waals surface area contributed by atoms with Gasteiger partial charge in [0, 0.05) is 20.1 Å². The summed E-state index contributed by atoms with van der Waals surface area (Å²) in [5.74, 6) is -0.865. The summed E-state index contributed by atoms with van der Waals surface area (Å²) in [5.41, 5.74) is -0.591. The van der Waals surface area contributed by atoms with Crippen molar-refractivity contribution in [2.24, 2.45) is 0 Å². The minimum absolute atomic E-state index is 0.00652. The highest BCUT2D eigenvalue weighted by Gasteiger charge is 2.32. The van der Waals surface area contributed by atoms with Gasteiger partial charge in [-0.05, 0) is 26.7 Å². The molecule has 0 aromatic carbocycles. The number of urea groups is 1. The zero-order valence-corrected chi connectivity index (χ0v) is 13.0. The van der Waals surface area contributed by atoms with E-state index in [0.29, 0.717) is 25.9 Å². The first-order valence-electron chi connectivity index (χ1n) is 7.25. The Morgan fingerprint density at radius 3 is 2.38 bits per heavy atom. The molecule has 2 amide bonds. The van der Waals surface area contributed by atoms with Crippen LogP contribution < -0.4 is 0 Å². The second kappa shape index (κ2) is 7.61. The molecular formula is C14H26N2O5. The molecular weight excluding hydrogens is 276 g/mol. The molecule has 0 spiro atoms. The summed E-state index contributed by atoms with van der Waals surface area (Å²) in [7, 11) is 1.69. The van der Waals surface area contributed by atoms with Crippen molar-refractivity contribution < 1.29 is 24.5 Å². The van der Waals surface area contributed by atoms with Gasteiger partial charge in [0.15, 0.2) is 0 Å². The average Bonchev–Trinajstić information content (AvgIpc) is 2.46. The van der Waals surface area contributed by atoms with Gasteiger partial charge in [0.2, 0.25) is 0 Å². The standard InChI is InChI=1S/C14H26N2O5/c1-14(2,10-17)15(3)13(20)16-7-4-11(5-8-16)21-9-6-12(18)19/h11,17H,4-10H2,1-3H3,(H,18,19). The smallest absolute Gasteiger partial charge is 0.320 e. The summed E-state index contributed by atoms with van der Waals surface area (Å²) in [4.78, 5) is 26.1. The van der Waals surface area contributed by atoms with E-state index in [0.717, 1.165) is 0 Å². The van der Waals surface area contributed by atoms with E-state index in [1.807, 2.05) is 13.8 Å². The Morgan fingerprint density at radius 1 is 1.33 bits per heavy atom. The SMILES string of the molecule is CN(C(=O)N1CCC(OCCC(=O)O)CC1)C(C)(C)CO. The van der Waals surface area contributed by atoms with E-state index in [1.165, 1.54) is 0 Å². The summed E-state index contributed by atoms with van der Waals surface area (Å²) in [6.45, 7) is 4.92. The Balaban J connectivity index is 2.38. The number of carboxylic acid groups (broad SMARTS) is 1. The maximum Gasteiger partial charge on any atom is 0.320 e. The monoisotopic (exact) mass is 302 g/mol. The number of carboxylic acids is 1. The molecule has 0 saturated carbocycles. The molecule has 0 atom stereocenters. The van der Waals surface area contributed by atoms with Gasteiger partial charge in [0.25, 0.3) is 0 Å². The molecule has 7 nitrogen and oxygen atoms in total. The van der Waals surface area contributed by atoms with E-state index < -0.39 is 11.5 Å². The van der Waals surface area contributed by atoms with Crippen molar-refractivity contribution >= 4 is 12.0 Å². The normalized spacial score (nSPS) is 16.9. The van der Waals surface area contributed by atoms with Gasteiger partial charge in [-0.25, -0.2) is 4.79 Å². The topological polar surface area (TPSA) is 90.3 Å². The number of piperidine rings is 1. The Hall–Kier alpha value is -1.34. The number of carbonyl (C=O) groups excluding carboxylic acids is 1. The maximum atomic E-state index is 12.3. The van der Waals surface area contributed by atoms with Crippen LogP contribution in [0, 0.1) is 0 Å². The minimum atomic E-state index is -0.865. The largest absolute Gasteiger partial charge is 0.481 e. The van der Waals surface area contributed by atoms with Crippen molar-refractivity contribution in [2.45, 2.75) is 44.8 Å². The van der Waals surface area contributed by atoms with Crippen LogP contribution in [0.25, 0.3) is 0 Å². The Labute approximate surface area is 125 Å². The van der Waals surface area contributed by atoms with Crippen LogP contribution in [-0.4, -0.2) is 77.0 Å². The van der Waals surface area contributed by atoms with Crippen LogP contribution in [0.3, 0.4) is 0 Å². The number of aliphatic carboxylic acids is 1. The lowest BCUT2D eigenvalue weighted by molar-refractivity contribution is -0.138. The number of nitrogens with zero attached hydrogens (tertiary/aromatic N) is 2. The average molecular weight is 302 g/mol. The second-order valence-corrected chi connectivity index (χ2v) is 6.01. The summed E-state index contributed by atoms with van der Waals surface area (Å²) >= 11 is 0. The Kier molecular flexibility index (Phi) is 6.42. The number of rotatable bonds is 6. The van der Waals surface area contributed by atoms with Gasteiger partial charge in [0.1, 0.15) is 0 Å². The molecule has 0 unspecified atom stereocenters. The van der Waals surface area contributed by atoms with Crippen LogP contribution in [0.1, 0.15) is 33.1 Å². The van der Waals surface area contributed by atoms with E-state index in [9.17, 15) is 14.7 Å². The van der Waals surface area contributed by atoms with E-state index >= 15 is 0 Å². The van der Waals surface area contributed by atoms with Crippen LogP contribution in [0.2, 0.25) is 0 Å². The van der Waals surface area contributed by atoms with Gasteiger partial charge in [0.05, 0.1) is 31.3 Å². The third kappa shape index (κ3) is 5.17. The summed E-state index contributed by atoms with van der Waals surface area (Å²) < 4.78 is 5.50. The Bertz CT molecular complexity index is 364. The molecule has 1 saturated heterocycles. The van der Waals surface area contributed by atoms with Gasteiger partial charge in [-0.3, -0.25) is 4.79 Å². The molecule has 1 aliphatic heterocycles. The van der Waals surface area contributed by atoms with E-state index in [1.54, 1.807) is 16.8 Å². The van der Waals surface area contributed by atoms with Crippen LogP contribution in [0.15, 0.2) is 0 Å². The van der Waals surface area contributed by atoms with Gasteiger partial charge >= 0.3 is 12.0 Å². The first-order valence-corrected chi connectivity index (χ1v) is 7.25. The first kappa shape index (κ1) is 17.7. The molecule has 1 fully saturated rings. The van der Waals surface area contributed by atoms with Gasteiger partial charge in [-0.1, -0.05) is 0 Å². The molecule has 1 heterocycles. The number of likely N-dealkylation sites (N-methyl/N-ethyl adjacent to an activating group) is 1. The second-order valence-electron chi connectivity index (χ2n) is 6.01. The zero-order chi connectivity index (χ0) is 16.0. The lowest BCUT2D eigenvalue weighted by atomic mass is 10.0. The number of likely N-dealkylation sites (tertiary alicyclic amines) is 1. The lowest BCUT2D eigenvalue weighted by Gasteiger charge is -2.40. The van der Waals surface area contributed by atoms with Crippen molar-refractivity contribution in [3.63, 3.8) is 0 Å². The van der Waals surface area contributed by atoms with Crippen LogP contribution in [0.5, 0.6) is 0 Å². The van der Waals surface area contributed by atoms with Gasteiger partial charge in [-0.2, -0.15) is 0 Å². The third-order valence-electron chi connectivity index (χ3n) is 3.96. The van der Waals surface area contributed by atoms with Crippen LogP contribution in [-0.2, 0) is 9.53 Å². The van der Waals surface area contributed by atoms with E-state index in [-0.39, 0.29) is 31.8 Å². The molecule has 1 aliphatic rings. The molecule has 1 rings (SSSR count). The number of hydrogen-bond acceptors (Lipinski definition) is 4. The Morgan fingerprint density at radius 2 is 1.90 bits per heavy atom. The highest BCUT2D eigenvalue weighted by molar-refractivity contribution is 5.75. The zero-order valence-electron chi connectivity index (χ0n) is 13.0. The fourth-order valence-corrected chi connectivity index (χ4v) is 2.10. The van der Waals surface area contributed by atoms with Crippen molar-refractivity contribution in [3.05, 3.63) is 0 Å². The molecule has 122 valence electrons. The number of aliphatic hydroxyl groups excluding tert-OH is 1. The summed E-state index contributed by atoms with van der Waals surface area (Å²) in [6, 6.07) is -0.0990. The lowest BCUT2D eigenvalue weighted by Crippen LogP contribution is -2.54. The predicted molar refractivity (Wildman–Crippen MR) is 77.1 cm³/mol. The highest BCUT2D eigenvalue weighted by Crippen LogP contribution is 2.19. The number of ether oxygens (including phenoxy) is 1. The minimum Gasteiger partial charge on any atom is -0.481 e. The molecule has 0 aromatic heterocycles. The van der Waals surface area contributed by atoms with Crippen LogP contribution >= 0.6 is 0 Å². The highest BCUT2D eigenvalue weighted by atomic mass is 16.5. The van der Waals surface area contributed by atoms with Gasteiger partial charge < -0.3 is 24.7 Å². The number of amides is 2. The first-order chi connectivity index (χ1) is 9.77. The molecule has 2 N–H and O–H groups in total. The predicted octanol–water partition coefficient (Wildman–Crippen LogP) is 0.765. The van der Waals surface area contributed by atoms with E-state index in [2.05, 4.69) is 0 Å². The fourth-order valence-electron chi connectivity index (χ4n) is 2.10. The van der Waals surface area contributed by atoms with Crippen molar-refractivity contribution in [1.29, 1.82) is 0 Å². The quantitative estimate of drug-likeness (QED) is 0.756. The number of carbonyl (C=O) groups is 2. The van der Waals surface area contributed by atoms with Gasteiger partial charge in [-0.15, -0.1) is 0 Å². The van der Waals surface area contributed by atoms with Crippen molar-refractivity contribution in [3.8, 4) is 0 Å². The summed E-state index contributed by atoms with van der Waals surface area (Å²) in [5, 5.41) is 17.9. The maximum absolute atomic E-state index is 12.3. The van der Waals surface area contributed by atoms with Crippen molar-refractivity contribution in [2.75, 3.05) is 33.4 Å². The third-order valence-corrected chi connectivity index (χ3v) is 3.96. The van der Waals surface area contributed by atoms with Crippen molar-refractivity contribution in [1.82, 2.24) is 9.80 Å². The molecule has 0 radical (unpaired) electrons. The molecule has 0 aliphatic carbocycles. The summed E-state index contributed by atoms with van der Waals surface area (Å²) in [6.07, 6.45) is 1.44. The number of hydrogen-bond donors (Lipinski definition) is 2. The van der Waals surface area contributed by atoms with Crippen LogP contribution in [0.4, 0.5) is 4.79 Å². The molecule has 7 heteroatoms. The molecule has 0 aromatic rings. The fraction of sp³-hybridized carbons (Fsp3) is 0.857. The molecule has 21 heavy (non-hydrogen) atoms. The number of aliphatic hydroxyl groups is 1. The molecule has 0 bridgehead atoms. The van der Waals surface area contributed by atoms with E-state index in [4.69, 9.17) is 9.84 Å².